The molecule has 0 radical (unpaired) electrons. The van der Waals surface area contributed by atoms with Gasteiger partial charge in [-0.1, -0.05) is 24.6 Å². The van der Waals surface area contributed by atoms with Gasteiger partial charge in [0.15, 0.2) is 11.0 Å². The quantitative estimate of drug-likeness (QED) is 0.785. The number of ether oxygens (including phenoxy) is 1. The maximum Gasteiger partial charge on any atom is 0.172 e. The Hall–Kier alpha value is -1.94. The van der Waals surface area contributed by atoms with Crippen LogP contribution in [-0.4, -0.2) is 17.0 Å². The molecule has 0 amide bonds. The topological polar surface area (TPSA) is 38.7 Å². The van der Waals surface area contributed by atoms with Crippen molar-refractivity contribution in [3.8, 4) is 5.75 Å². The lowest BCUT2D eigenvalue weighted by Gasteiger charge is -2.06. The van der Waals surface area contributed by atoms with Crippen molar-refractivity contribution in [2.75, 3.05) is 7.11 Å². The third kappa shape index (κ3) is 4.02. The molecule has 0 fully saturated rings. The van der Waals surface area contributed by atoms with Crippen molar-refractivity contribution in [1.82, 2.24) is 0 Å². The van der Waals surface area contributed by atoms with Crippen molar-refractivity contribution in [2.45, 2.75) is 25.2 Å². The van der Waals surface area contributed by atoms with Crippen molar-refractivity contribution in [3.63, 3.8) is 0 Å². The highest BCUT2D eigenvalue weighted by Crippen LogP contribution is 2.16. The Kier molecular flexibility index (Phi) is 5.28. The van der Waals surface area contributed by atoms with E-state index in [1.807, 2.05) is 62.4 Å². The Morgan fingerprint density at radius 1 is 1.10 bits per heavy atom. The maximum atomic E-state index is 12.3. The van der Waals surface area contributed by atoms with E-state index in [1.165, 1.54) is 0 Å². The molecule has 2 rings (SSSR count). The zero-order valence-corrected chi connectivity index (χ0v) is 13.3. The highest BCUT2D eigenvalue weighted by molar-refractivity contribution is 7.83. The van der Waals surface area contributed by atoms with Crippen molar-refractivity contribution < 1.29 is 8.95 Å². The molecule has 3 nitrogen and oxygen atoms in total. The third-order valence-corrected chi connectivity index (χ3v) is 4.24. The molecule has 0 saturated heterocycles. The standard InChI is InChI=1S/C17H19NO2S/c1-4-17(14-7-9-15(20-3)10-8-14)18-21(19)16-11-5-13(2)6-12-16/h5-12H,4H2,1-3H3/b18-17+/t21-/m0/s1. The molecule has 4 heteroatoms. The van der Waals surface area contributed by atoms with E-state index in [-0.39, 0.29) is 0 Å². The van der Waals surface area contributed by atoms with Gasteiger partial charge in [0, 0.05) is 0 Å². The molecule has 0 aliphatic rings. The molecule has 0 unspecified atom stereocenters. The van der Waals surface area contributed by atoms with E-state index in [1.54, 1.807) is 7.11 Å². The van der Waals surface area contributed by atoms with Crippen molar-refractivity contribution in [2.24, 2.45) is 4.40 Å². The van der Waals surface area contributed by atoms with Gasteiger partial charge in [-0.2, -0.15) is 4.40 Å². The molecule has 0 spiro atoms. The molecule has 1 atom stereocenters. The van der Waals surface area contributed by atoms with Crippen LogP contribution in [-0.2, 0) is 11.0 Å². The average molecular weight is 301 g/mol. The molecule has 0 N–H and O–H groups in total. The van der Waals surface area contributed by atoms with E-state index in [0.29, 0.717) is 0 Å². The molecule has 110 valence electrons. The van der Waals surface area contributed by atoms with Crippen LogP contribution in [0.1, 0.15) is 24.5 Å². The summed E-state index contributed by atoms with van der Waals surface area (Å²) in [6.45, 7) is 4.01. The highest BCUT2D eigenvalue weighted by atomic mass is 32.2. The van der Waals surface area contributed by atoms with E-state index in [2.05, 4.69) is 4.40 Å². The number of hydrogen-bond acceptors (Lipinski definition) is 2. The second-order valence-corrected chi connectivity index (χ2v) is 5.83. The number of nitrogens with zero attached hydrogens (tertiary/aromatic N) is 1. The molecule has 0 heterocycles. The van der Waals surface area contributed by atoms with Crippen LogP contribution in [0.15, 0.2) is 57.8 Å². The number of hydrogen-bond donors (Lipinski definition) is 0. The fraction of sp³-hybridized carbons (Fsp3) is 0.235. The van der Waals surface area contributed by atoms with Gasteiger partial charge in [0.2, 0.25) is 0 Å². The molecular formula is C17H19NO2S. The fourth-order valence-electron chi connectivity index (χ4n) is 1.91. The van der Waals surface area contributed by atoms with E-state index < -0.39 is 11.0 Å². The molecular weight excluding hydrogens is 282 g/mol. The summed E-state index contributed by atoms with van der Waals surface area (Å²) in [4.78, 5) is 0.722. The number of benzene rings is 2. The molecule has 2 aromatic carbocycles. The van der Waals surface area contributed by atoms with Crippen LogP contribution in [0.4, 0.5) is 0 Å². The smallest absolute Gasteiger partial charge is 0.172 e. The summed E-state index contributed by atoms with van der Waals surface area (Å²) in [5.41, 5.74) is 2.95. The summed E-state index contributed by atoms with van der Waals surface area (Å²) < 4.78 is 21.8. The van der Waals surface area contributed by atoms with E-state index in [0.717, 1.165) is 33.9 Å². The van der Waals surface area contributed by atoms with Gasteiger partial charge in [0.25, 0.3) is 0 Å². The zero-order valence-electron chi connectivity index (χ0n) is 12.5. The van der Waals surface area contributed by atoms with Crippen LogP contribution in [0.5, 0.6) is 5.75 Å². The normalized spacial score (nSPS) is 13.0. The predicted octanol–water partition coefficient (Wildman–Crippen LogP) is 3.93. The van der Waals surface area contributed by atoms with Gasteiger partial charge >= 0.3 is 0 Å². The molecule has 0 bridgehead atoms. The minimum atomic E-state index is -1.37. The van der Waals surface area contributed by atoms with Gasteiger partial charge in [-0.3, -0.25) is 0 Å². The summed E-state index contributed by atoms with van der Waals surface area (Å²) in [5, 5.41) is 0. The van der Waals surface area contributed by atoms with Gasteiger partial charge < -0.3 is 4.74 Å². The molecule has 21 heavy (non-hydrogen) atoms. The zero-order chi connectivity index (χ0) is 15.2. The Balaban J connectivity index is 2.26. The second kappa shape index (κ2) is 7.18. The summed E-state index contributed by atoms with van der Waals surface area (Å²) in [7, 11) is 0.263. The van der Waals surface area contributed by atoms with Crippen LogP contribution in [0.25, 0.3) is 0 Å². The molecule has 0 saturated carbocycles. The van der Waals surface area contributed by atoms with Gasteiger partial charge in [-0.25, -0.2) is 4.21 Å². The Morgan fingerprint density at radius 2 is 1.71 bits per heavy atom. The highest BCUT2D eigenvalue weighted by Gasteiger charge is 2.06. The number of methoxy groups -OCH3 is 1. The van der Waals surface area contributed by atoms with E-state index >= 15 is 0 Å². The minimum absolute atomic E-state index is 0.722. The number of rotatable bonds is 5. The Labute approximate surface area is 128 Å². The number of aryl methyl sites for hydroxylation is 1. The van der Waals surface area contributed by atoms with Gasteiger partial charge in [-0.15, -0.1) is 0 Å². The molecule has 2 aromatic rings. The Morgan fingerprint density at radius 3 is 2.24 bits per heavy atom. The van der Waals surface area contributed by atoms with Crippen LogP contribution < -0.4 is 4.74 Å². The molecule has 0 aliphatic carbocycles. The predicted molar refractivity (Wildman–Crippen MR) is 87.4 cm³/mol. The first-order chi connectivity index (χ1) is 10.1. The molecule has 0 aliphatic heterocycles. The second-order valence-electron chi connectivity index (χ2n) is 4.68. The Bertz CT molecular complexity index is 645. The lowest BCUT2D eigenvalue weighted by Crippen LogP contribution is -2.02. The van der Waals surface area contributed by atoms with Crippen LogP contribution in [0.2, 0.25) is 0 Å². The maximum absolute atomic E-state index is 12.3. The van der Waals surface area contributed by atoms with Gasteiger partial charge in [0.05, 0.1) is 17.7 Å². The van der Waals surface area contributed by atoms with Crippen molar-refractivity contribution >= 4 is 16.7 Å². The summed E-state index contributed by atoms with van der Waals surface area (Å²) in [6, 6.07) is 15.3. The third-order valence-electron chi connectivity index (χ3n) is 3.17. The lowest BCUT2D eigenvalue weighted by molar-refractivity contribution is 0.415. The SMILES string of the molecule is CC/C(=N\[S@@](=O)c1ccc(C)cc1)c1ccc(OC)cc1. The first-order valence-corrected chi connectivity index (χ1v) is 7.95. The van der Waals surface area contributed by atoms with E-state index in [4.69, 9.17) is 4.74 Å². The van der Waals surface area contributed by atoms with Crippen molar-refractivity contribution in [1.29, 1.82) is 0 Å². The summed E-state index contributed by atoms with van der Waals surface area (Å²) in [6.07, 6.45) is 0.726. The van der Waals surface area contributed by atoms with Gasteiger partial charge in [-0.05, 0) is 55.3 Å². The monoisotopic (exact) mass is 301 g/mol. The lowest BCUT2D eigenvalue weighted by atomic mass is 10.1. The fourth-order valence-corrected chi connectivity index (χ4v) is 2.82. The first-order valence-electron chi connectivity index (χ1n) is 6.84. The summed E-state index contributed by atoms with van der Waals surface area (Å²) >= 11 is 0. The first kappa shape index (κ1) is 15.4. The van der Waals surface area contributed by atoms with E-state index in [9.17, 15) is 4.21 Å². The van der Waals surface area contributed by atoms with Crippen molar-refractivity contribution in [3.05, 3.63) is 59.7 Å². The average Bonchev–Trinajstić information content (AvgIpc) is 2.53. The van der Waals surface area contributed by atoms with Crippen LogP contribution in [0, 0.1) is 6.92 Å². The van der Waals surface area contributed by atoms with Crippen LogP contribution >= 0.6 is 0 Å². The van der Waals surface area contributed by atoms with Gasteiger partial charge in [0.1, 0.15) is 5.75 Å². The largest absolute Gasteiger partial charge is 0.497 e. The minimum Gasteiger partial charge on any atom is -0.497 e. The molecule has 0 aromatic heterocycles. The van der Waals surface area contributed by atoms with Crippen LogP contribution in [0.3, 0.4) is 0 Å². The summed E-state index contributed by atoms with van der Waals surface area (Å²) in [5.74, 6) is 0.800.